The Balaban J connectivity index is 1.90. The lowest BCUT2D eigenvalue weighted by atomic mass is 10.0. The van der Waals surface area contributed by atoms with Crippen LogP contribution in [0, 0.1) is 0 Å². The Bertz CT molecular complexity index is 1130. The van der Waals surface area contributed by atoms with Crippen molar-refractivity contribution in [2.75, 3.05) is 19.4 Å². The zero-order chi connectivity index (χ0) is 21.0. The van der Waals surface area contributed by atoms with Crippen molar-refractivity contribution in [2.24, 2.45) is 0 Å². The summed E-state index contributed by atoms with van der Waals surface area (Å²) in [5.74, 6) is -0.466. The lowest BCUT2D eigenvalue weighted by Gasteiger charge is -2.14. The first-order chi connectivity index (χ1) is 13.8. The average Bonchev–Trinajstić information content (AvgIpc) is 2.70. The fraction of sp³-hybridized carbons (Fsp3) is 0.136. The number of sulfonamides is 1. The summed E-state index contributed by atoms with van der Waals surface area (Å²) in [6.45, 7) is 0. The van der Waals surface area contributed by atoms with E-state index in [9.17, 15) is 13.2 Å². The van der Waals surface area contributed by atoms with E-state index >= 15 is 0 Å². The molecule has 1 N–H and O–H groups in total. The Labute approximate surface area is 176 Å². The van der Waals surface area contributed by atoms with Crippen molar-refractivity contribution in [2.45, 2.75) is 11.3 Å². The molecule has 3 rings (SSSR count). The number of nitrogens with zero attached hydrogens (tertiary/aromatic N) is 1. The number of para-hydroxylation sites is 1. The van der Waals surface area contributed by atoms with Gasteiger partial charge in [0.1, 0.15) is 0 Å². The summed E-state index contributed by atoms with van der Waals surface area (Å²) in [6, 6.07) is 21.5. The van der Waals surface area contributed by atoms with Crippen LogP contribution in [0.5, 0.6) is 0 Å². The third kappa shape index (κ3) is 4.85. The highest BCUT2D eigenvalue weighted by molar-refractivity contribution is 7.89. The molecule has 150 valence electrons. The monoisotopic (exact) mass is 428 g/mol. The number of anilines is 1. The number of hydrogen-bond acceptors (Lipinski definition) is 3. The Morgan fingerprint density at radius 1 is 0.966 bits per heavy atom. The van der Waals surface area contributed by atoms with E-state index in [2.05, 4.69) is 5.32 Å². The molecule has 29 heavy (non-hydrogen) atoms. The summed E-state index contributed by atoms with van der Waals surface area (Å²) in [5.41, 5.74) is 2.81. The highest BCUT2D eigenvalue weighted by Gasteiger charge is 2.21. The molecule has 0 radical (unpaired) electrons. The van der Waals surface area contributed by atoms with Crippen LogP contribution >= 0.6 is 11.6 Å². The molecule has 0 bridgehead atoms. The second-order valence-corrected chi connectivity index (χ2v) is 9.26. The lowest BCUT2D eigenvalue weighted by Crippen LogP contribution is -2.23. The van der Waals surface area contributed by atoms with Crippen molar-refractivity contribution in [1.82, 2.24) is 4.31 Å². The topological polar surface area (TPSA) is 66.5 Å². The second kappa shape index (κ2) is 8.78. The van der Waals surface area contributed by atoms with Crippen LogP contribution in [0.15, 0.2) is 77.7 Å². The van der Waals surface area contributed by atoms with Gasteiger partial charge < -0.3 is 5.32 Å². The van der Waals surface area contributed by atoms with Crippen LogP contribution < -0.4 is 5.32 Å². The van der Waals surface area contributed by atoms with Crippen LogP contribution in [0.1, 0.15) is 21.5 Å². The predicted molar refractivity (Wildman–Crippen MR) is 116 cm³/mol. The SMILES string of the molecule is CN(C)S(=O)(=O)c1ccc(Cl)c(C(=O)Nc2ccccc2Cc2ccccc2)c1. The van der Waals surface area contributed by atoms with E-state index < -0.39 is 15.9 Å². The number of benzene rings is 3. The summed E-state index contributed by atoms with van der Waals surface area (Å²) in [6.07, 6.45) is 0.653. The van der Waals surface area contributed by atoms with E-state index in [0.29, 0.717) is 12.1 Å². The van der Waals surface area contributed by atoms with E-state index in [1.54, 1.807) is 0 Å². The van der Waals surface area contributed by atoms with Crippen LogP contribution in [0.2, 0.25) is 5.02 Å². The molecule has 0 unspecified atom stereocenters. The van der Waals surface area contributed by atoms with Crippen molar-refractivity contribution in [3.05, 3.63) is 94.5 Å². The third-order valence-corrected chi connectivity index (χ3v) is 6.60. The number of nitrogens with one attached hydrogen (secondary N) is 1. The van der Waals surface area contributed by atoms with Crippen LogP contribution in [0.4, 0.5) is 5.69 Å². The van der Waals surface area contributed by atoms with E-state index in [0.717, 1.165) is 15.4 Å². The molecular formula is C22H21ClN2O3S. The van der Waals surface area contributed by atoms with Gasteiger partial charge in [-0.1, -0.05) is 60.1 Å². The standard InChI is InChI=1S/C22H21ClN2O3S/c1-25(2)29(27,28)18-12-13-20(23)19(15-18)22(26)24-21-11-7-6-10-17(21)14-16-8-4-3-5-9-16/h3-13,15H,14H2,1-2H3,(H,24,26). The Morgan fingerprint density at radius 2 is 1.62 bits per heavy atom. The Morgan fingerprint density at radius 3 is 2.31 bits per heavy atom. The van der Waals surface area contributed by atoms with Gasteiger partial charge in [-0.25, -0.2) is 12.7 Å². The molecule has 3 aromatic rings. The van der Waals surface area contributed by atoms with Crippen molar-refractivity contribution in [3.8, 4) is 0 Å². The molecule has 7 heteroatoms. The maximum absolute atomic E-state index is 12.9. The fourth-order valence-corrected chi connectivity index (χ4v) is 3.98. The second-order valence-electron chi connectivity index (χ2n) is 6.70. The normalized spacial score (nSPS) is 11.4. The Kier molecular flexibility index (Phi) is 6.37. The largest absolute Gasteiger partial charge is 0.322 e. The first kappa shape index (κ1) is 21.0. The first-order valence-corrected chi connectivity index (χ1v) is 10.8. The molecule has 0 spiro atoms. The molecule has 0 fully saturated rings. The summed E-state index contributed by atoms with van der Waals surface area (Å²) < 4.78 is 25.9. The van der Waals surface area contributed by atoms with Gasteiger partial charge in [-0.2, -0.15) is 0 Å². The minimum absolute atomic E-state index is 0.00891. The van der Waals surface area contributed by atoms with Crippen LogP contribution in [0.3, 0.4) is 0 Å². The molecule has 1 amide bonds. The van der Waals surface area contributed by atoms with Crippen molar-refractivity contribution in [1.29, 1.82) is 0 Å². The molecule has 0 aromatic heterocycles. The average molecular weight is 429 g/mol. The number of carbonyl (C=O) groups excluding carboxylic acids is 1. The summed E-state index contributed by atoms with van der Waals surface area (Å²) in [5, 5.41) is 3.05. The molecule has 5 nitrogen and oxygen atoms in total. The number of hydrogen-bond donors (Lipinski definition) is 1. The molecule has 0 saturated heterocycles. The van der Waals surface area contributed by atoms with E-state index in [1.165, 1.54) is 32.3 Å². The minimum atomic E-state index is -3.68. The van der Waals surface area contributed by atoms with Gasteiger partial charge in [0.2, 0.25) is 10.0 Å². The molecular weight excluding hydrogens is 408 g/mol. The maximum atomic E-state index is 12.9. The molecule has 0 heterocycles. The summed E-state index contributed by atoms with van der Waals surface area (Å²) in [7, 11) is -0.809. The van der Waals surface area contributed by atoms with Crippen molar-refractivity contribution in [3.63, 3.8) is 0 Å². The number of rotatable bonds is 6. The lowest BCUT2D eigenvalue weighted by molar-refractivity contribution is 0.102. The molecule has 0 aliphatic rings. The minimum Gasteiger partial charge on any atom is -0.322 e. The Hall–Kier alpha value is -2.67. The molecule has 0 saturated carbocycles. The summed E-state index contributed by atoms with van der Waals surface area (Å²) >= 11 is 6.19. The smallest absolute Gasteiger partial charge is 0.257 e. The van der Waals surface area contributed by atoms with Gasteiger partial charge in [-0.15, -0.1) is 0 Å². The first-order valence-electron chi connectivity index (χ1n) is 8.94. The van der Waals surface area contributed by atoms with Crippen LogP contribution in [0.25, 0.3) is 0 Å². The molecule has 0 aliphatic heterocycles. The maximum Gasteiger partial charge on any atom is 0.257 e. The molecule has 3 aromatic carbocycles. The number of halogens is 1. The van der Waals surface area contributed by atoms with Gasteiger partial charge in [-0.3, -0.25) is 4.79 Å². The van der Waals surface area contributed by atoms with Gasteiger partial charge in [0, 0.05) is 19.8 Å². The van der Waals surface area contributed by atoms with Gasteiger partial charge in [0.15, 0.2) is 0 Å². The van der Waals surface area contributed by atoms with E-state index in [4.69, 9.17) is 11.6 Å². The highest BCUT2D eigenvalue weighted by atomic mass is 35.5. The third-order valence-electron chi connectivity index (χ3n) is 4.46. The quantitative estimate of drug-likeness (QED) is 0.631. The molecule has 0 aliphatic carbocycles. The number of carbonyl (C=O) groups is 1. The van der Waals surface area contributed by atoms with Crippen LogP contribution in [-0.4, -0.2) is 32.7 Å². The van der Waals surface area contributed by atoms with E-state index in [1.807, 2.05) is 54.6 Å². The number of amides is 1. The highest BCUT2D eigenvalue weighted by Crippen LogP contribution is 2.25. The van der Waals surface area contributed by atoms with Crippen molar-refractivity contribution < 1.29 is 13.2 Å². The van der Waals surface area contributed by atoms with Gasteiger partial charge in [0.25, 0.3) is 5.91 Å². The van der Waals surface area contributed by atoms with Gasteiger partial charge in [0.05, 0.1) is 15.5 Å². The fourth-order valence-electron chi connectivity index (χ4n) is 2.85. The van der Waals surface area contributed by atoms with Gasteiger partial charge >= 0.3 is 0 Å². The van der Waals surface area contributed by atoms with E-state index in [-0.39, 0.29) is 15.5 Å². The van der Waals surface area contributed by atoms with Gasteiger partial charge in [-0.05, 0) is 41.8 Å². The van der Waals surface area contributed by atoms with Crippen LogP contribution in [-0.2, 0) is 16.4 Å². The van der Waals surface area contributed by atoms with Crippen molar-refractivity contribution >= 4 is 33.2 Å². The zero-order valence-electron chi connectivity index (χ0n) is 16.1. The predicted octanol–water partition coefficient (Wildman–Crippen LogP) is 4.43. The molecule has 0 atom stereocenters. The summed E-state index contributed by atoms with van der Waals surface area (Å²) in [4.78, 5) is 12.9. The zero-order valence-corrected chi connectivity index (χ0v) is 17.7.